The average molecular weight is 423 g/mol. The van der Waals surface area contributed by atoms with Gasteiger partial charge in [0.25, 0.3) is 5.91 Å². The van der Waals surface area contributed by atoms with Crippen molar-refractivity contribution in [2.24, 2.45) is 0 Å². The van der Waals surface area contributed by atoms with Crippen LogP contribution in [0.1, 0.15) is 107 Å². The molecule has 0 spiro atoms. The molecule has 0 aliphatic heterocycles. The number of nitrogens with zero attached hydrogens (tertiary/aromatic N) is 2. The minimum Gasteiger partial charge on any atom is -0.332 e. The fraction of sp³-hybridized carbons (Fsp3) is 0.571. The Morgan fingerprint density at radius 2 is 1.71 bits per heavy atom. The lowest BCUT2D eigenvalue weighted by molar-refractivity contribution is 0.0517. The maximum absolute atomic E-state index is 13.5. The monoisotopic (exact) mass is 422 g/mol. The van der Waals surface area contributed by atoms with E-state index in [1.54, 1.807) is 0 Å². The number of rotatable bonds is 10. The van der Waals surface area contributed by atoms with Gasteiger partial charge in [0.2, 0.25) is 0 Å². The fourth-order valence-electron chi connectivity index (χ4n) is 4.59. The average Bonchev–Trinajstić information content (AvgIpc) is 2.74. The lowest BCUT2D eigenvalue weighted by Gasteiger charge is -2.39. The van der Waals surface area contributed by atoms with E-state index in [9.17, 15) is 4.79 Å². The number of aryl methyl sites for hydroxylation is 2. The minimum atomic E-state index is -0.170. The van der Waals surface area contributed by atoms with Gasteiger partial charge >= 0.3 is 0 Å². The van der Waals surface area contributed by atoms with E-state index in [2.05, 4.69) is 78.8 Å². The first-order chi connectivity index (χ1) is 14.6. The maximum atomic E-state index is 13.5. The van der Waals surface area contributed by atoms with Crippen molar-refractivity contribution in [3.63, 3.8) is 0 Å². The third kappa shape index (κ3) is 5.56. The van der Waals surface area contributed by atoms with Crippen LogP contribution in [-0.4, -0.2) is 27.9 Å². The van der Waals surface area contributed by atoms with Gasteiger partial charge in [-0.3, -0.25) is 4.79 Å². The van der Waals surface area contributed by atoms with Crippen molar-refractivity contribution in [1.29, 1.82) is 0 Å². The van der Waals surface area contributed by atoms with Crippen molar-refractivity contribution >= 4 is 5.91 Å². The molecule has 0 bridgehead atoms. The highest BCUT2D eigenvalue weighted by Crippen LogP contribution is 2.37. The van der Waals surface area contributed by atoms with Crippen molar-refractivity contribution in [2.45, 2.75) is 98.4 Å². The third-order valence-corrected chi connectivity index (χ3v) is 6.83. The summed E-state index contributed by atoms with van der Waals surface area (Å²) in [6.07, 6.45) is 5.18. The SMILES string of the molecule is CCCCC(C)(C)N(CCC)C(=O)c1ccc(C(C)(CC)c2cccc(C)c2)c(C)n1. The Bertz CT molecular complexity index is 886. The first kappa shape index (κ1) is 25.1. The molecule has 0 saturated heterocycles. The van der Waals surface area contributed by atoms with Crippen LogP contribution in [0.15, 0.2) is 36.4 Å². The molecule has 0 N–H and O–H groups in total. The summed E-state index contributed by atoms with van der Waals surface area (Å²) in [6.45, 7) is 18.1. The highest BCUT2D eigenvalue weighted by atomic mass is 16.2. The van der Waals surface area contributed by atoms with Gasteiger partial charge in [0.15, 0.2) is 0 Å². The fourth-order valence-corrected chi connectivity index (χ4v) is 4.59. The lowest BCUT2D eigenvalue weighted by Crippen LogP contribution is -2.48. The van der Waals surface area contributed by atoms with Crippen molar-refractivity contribution in [3.8, 4) is 0 Å². The lowest BCUT2D eigenvalue weighted by atomic mass is 9.73. The van der Waals surface area contributed by atoms with Gasteiger partial charge in [0.1, 0.15) is 5.69 Å². The summed E-state index contributed by atoms with van der Waals surface area (Å²) in [5.41, 5.74) is 4.96. The number of hydrogen-bond donors (Lipinski definition) is 0. The topological polar surface area (TPSA) is 33.2 Å². The zero-order valence-corrected chi connectivity index (χ0v) is 21.0. The Morgan fingerprint density at radius 3 is 2.26 bits per heavy atom. The molecule has 1 unspecified atom stereocenters. The summed E-state index contributed by atoms with van der Waals surface area (Å²) >= 11 is 0. The molecule has 1 atom stereocenters. The van der Waals surface area contributed by atoms with Crippen molar-refractivity contribution in [2.75, 3.05) is 6.54 Å². The van der Waals surface area contributed by atoms with E-state index in [0.717, 1.165) is 44.3 Å². The summed E-state index contributed by atoms with van der Waals surface area (Å²) in [5, 5.41) is 0. The van der Waals surface area contributed by atoms with Crippen LogP contribution in [0, 0.1) is 13.8 Å². The van der Waals surface area contributed by atoms with Gasteiger partial charge in [0, 0.05) is 23.2 Å². The third-order valence-electron chi connectivity index (χ3n) is 6.83. The largest absolute Gasteiger partial charge is 0.332 e. The Labute approximate surface area is 190 Å². The summed E-state index contributed by atoms with van der Waals surface area (Å²) < 4.78 is 0. The zero-order chi connectivity index (χ0) is 23.2. The Hall–Kier alpha value is -2.16. The molecule has 2 rings (SSSR count). The molecule has 1 aromatic heterocycles. The van der Waals surface area contributed by atoms with E-state index in [1.165, 1.54) is 16.7 Å². The molecule has 170 valence electrons. The molecule has 0 aliphatic carbocycles. The highest BCUT2D eigenvalue weighted by molar-refractivity contribution is 5.93. The van der Waals surface area contributed by atoms with Gasteiger partial charge < -0.3 is 4.90 Å². The predicted octanol–water partition coefficient (Wildman–Crippen LogP) is 7.24. The number of pyridine rings is 1. The number of benzene rings is 1. The summed E-state index contributed by atoms with van der Waals surface area (Å²) in [5.74, 6) is 0.0476. The smallest absolute Gasteiger partial charge is 0.272 e. The maximum Gasteiger partial charge on any atom is 0.272 e. The number of unbranched alkanes of at least 4 members (excludes halogenated alkanes) is 1. The standard InChI is InChI=1S/C28H42N2O/c1-9-12-18-27(6,7)30(19-10-2)26(31)25-17-16-24(22(5)29-25)28(8,11-3)23-15-13-14-21(4)20-23/h13-17,20H,9-12,18-19H2,1-8H3. The van der Waals surface area contributed by atoms with Crippen molar-refractivity contribution in [1.82, 2.24) is 9.88 Å². The van der Waals surface area contributed by atoms with Gasteiger partial charge in [-0.1, -0.05) is 76.4 Å². The van der Waals surface area contributed by atoms with E-state index in [1.807, 2.05) is 17.9 Å². The Balaban J connectivity index is 2.42. The highest BCUT2D eigenvalue weighted by Gasteiger charge is 2.33. The molecule has 0 saturated carbocycles. The molecule has 0 aliphatic rings. The first-order valence-electron chi connectivity index (χ1n) is 12.0. The van der Waals surface area contributed by atoms with Crippen LogP contribution in [0.25, 0.3) is 0 Å². The van der Waals surface area contributed by atoms with Crippen LogP contribution in [0.3, 0.4) is 0 Å². The van der Waals surface area contributed by atoms with Gasteiger partial charge in [0.05, 0.1) is 0 Å². The van der Waals surface area contributed by atoms with Crippen LogP contribution < -0.4 is 0 Å². The normalized spacial score (nSPS) is 13.7. The van der Waals surface area contributed by atoms with Crippen LogP contribution in [0.5, 0.6) is 0 Å². The minimum absolute atomic E-state index is 0.0476. The molecule has 31 heavy (non-hydrogen) atoms. The van der Waals surface area contributed by atoms with E-state index in [0.29, 0.717) is 5.69 Å². The van der Waals surface area contributed by atoms with Gasteiger partial charge in [-0.2, -0.15) is 0 Å². The van der Waals surface area contributed by atoms with Gasteiger partial charge in [-0.05, 0) is 64.2 Å². The van der Waals surface area contributed by atoms with E-state index >= 15 is 0 Å². The predicted molar refractivity (Wildman–Crippen MR) is 132 cm³/mol. The van der Waals surface area contributed by atoms with Crippen LogP contribution >= 0.6 is 0 Å². The summed E-state index contributed by atoms with van der Waals surface area (Å²) in [7, 11) is 0. The molecule has 0 fully saturated rings. The van der Waals surface area contributed by atoms with Crippen LogP contribution in [-0.2, 0) is 5.41 Å². The molecule has 1 heterocycles. The van der Waals surface area contributed by atoms with Crippen molar-refractivity contribution < 1.29 is 4.79 Å². The summed E-state index contributed by atoms with van der Waals surface area (Å²) in [6, 6.07) is 12.8. The molecule has 3 heteroatoms. The second-order valence-corrected chi connectivity index (χ2v) is 9.76. The van der Waals surface area contributed by atoms with Crippen LogP contribution in [0.4, 0.5) is 0 Å². The number of amides is 1. The Morgan fingerprint density at radius 1 is 1.00 bits per heavy atom. The number of hydrogen-bond acceptors (Lipinski definition) is 2. The molecular formula is C28H42N2O. The van der Waals surface area contributed by atoms with E-state index in [-0.39, 0.29) is 16.9 Å². The molecular weight excluding hydrogens is 380 g/mol. The number of carbonyl (C=O) groups is 1. The molecule has 3 nitrogen and oxygen atoms in total. The second kappa shape index (κ2) is 10.4. The van der Waals surface area contributed by atoms with Gasteiger partial charge in [-0.25, -0.2) is 4.98 Å². The molecule has 2 aromatic rings. The van der Waals surface area contributed by atoms with E-state index < -0.39 is 0 Å². The first-order valence-corrected chi connectivity index (χ1v) is 12.0. The number of aromatic nitrogens is 1. The summed E-state index contributed by atoms with van der Waals surface area (Å²) in [4.78, 5) is 20.4. The molecule has 0 radical (unpaired) electrons. The molecule has 1 aromatic carbocycles. The number of carbonyl (C=O) groups excluding carboxylic acids is 1. The Kier molecular flexibility index (Phi) is 8.45. The molecule has 1 amide bonds. The van der Waals surface area contributed by atoms with Crippen molar-refractivity contribution in [3.05, 3.63) is 64.5 Å². The second-order valence-electron chi connectivity index (χ2n) is 9.76. The quantitative estimate of drug-likeness (QED) is 0.404. The van der Waals surface area contributed by atoms with Gasteiger partial charge in [-0.15, -0.1) is 0 Å². The van der Waals surface area contributed by atoms with Crippen LogP contribution in [0.2, 0.25) is 0 Å². The van der Waals surface area contributed by atoms with E-state index in [4.69, 9.17) is 4.98 Å². The zero-order valence-electron chi connectivity index (χ0n) is 21.0.